The van der Waals surface area contributed by atoms with Crippen molar-refractivity contribution in [3.63, 3.8) is 0 Å². The summed E-state index contributed by atoms with van der Waals surface area (Å²) < 4.78 is 1.37. The molecule has 6 nitrogen and oxygen atoms in total. The lowest BCUT2D eigenvalue weighted by atomic mass is 9.92. The van der Waals surface area contributed by atoms with Gasteiger partial charge < -0.3 is 15.0 Å². The average Bonchev–Trinajstić information content (AvgIpc) is 2.79. The third-order valence-electron chi connectivity index (χ3n) is 3.80. The maximum absolute atomic E-state index is 12.2. The highest BCUT2D eigenvalue weighted by molar-refractivity contribution is 5.94. The fraction of sp³-hybridized carbons (Fsp3) is 0.500. The Bertz CT molecular complexity index is 585. The number of carboxylic acids is 1. The Kier molecular flexibility index (Phi) is 3.92. The van der Waals surface area contributed by atoms with Crippen LogP contribution in [-0.2, 0) is 11.8 Å². The lowest BCUT2D eigenvalue weighted by Gasteiger charge is -2.28. The number of carbonyl (C=O) groups excluding carboxylic acids is 1. The van der Waals surface area contributed by atoms with Crippen molar-refractivity contribution in [3.8, 4) is 0 Å². The number of nitrogens with one attached hydrogen (secondary N) is 1. The summed E-state index contributed by atoms with van der Waals surface area (Å²) in [6.45, 7) is 0. The van der Waals surface area contributed by atoms with Gasteiger partial charge in [0.05, 0.1) is 12.0 Å². The molecule has 0 atom stereocenters. The molecular weight excluding hydrogens is 260 g/mol. The van der Waals surface area contributed by atoms with Crippen molar-refractivity contribution >= 4 is 11.9 Å². The summed E-state index contributed by atoms with van der Waals surface area (Å²) in [5.74, 6) is -1.30. The minimum atomic E-state index is -0.920. The number of aryl methyl sites for hydroxylation is 1. The average molecular weight is 278 g/mol. The molecule has 20 heavy (non-hydrogen) atoms. The number of pyridine rings is 1. The van der Waals surface area contributed by atoms with Crippen LogP contribution in [0, 0.1) is 0 Å². The van der Waals surface area contributed by atoms with E-state index in [4.69, 9.17) is 5.11 Å². The van der Waals surface area contributed by atoms with Gasteiger partial charge in [0.15, 0.2) is 0 Å². The third kappa shape index (κ3) is 3.07. The lowest BCUT2D eigenvalue weighted by Crippen LogP contribution is -2.48. The first-order valence-electron chi connectivity index (χ1n) is 6.63. The van der Waals surface area contributed by atoms with E-state index in [2.05, 4.69) is 5.32 Å². The second kappa shape index (κ2) is 5.48. The van der Waals surface area contributed by atoms with Gasteiger partial charge in [0.2, 0.25) is 0 Å². The summed E-state index contributed by atoms with van der Waals surface area (Å²) in [6, 6.07) is 2.82. The van der Waals surface area contributed by atoms with Gasteiger partial charge in [-0.15, -0.1) is 0 Å². The highest BCUT2D eigenvalue weighted by Crippen LogP contribution is 2.32. The first-order chi connectivity index (χ1) is 9.42. The second-order valence-corrected chi connectivity index (χ2v) is 5.38. The Morgan fingerprint density at radius 3 is 2.60 bits per heavy atom. The smallest absolute Gasteiger partial charge is 0.305 e. The van der Waals surface area contributed by atoms with E-state index in [9.17, 15) is 14.4 Å². The Hall–Kier alpha value is -2.11. The molecule has 1 heterocycles. The van der Waals surface area contributed by atoms with Gasteiger partial charge in [-0.2, -0.15) is 0 Å². The number of hydrogen-bond donors (Lipinski definition) is 2. The van der Waals surface area contributed by atoms with Crippen LogP contribution in [-0.4, -0.2) is 27.1 Å². The number of rotatable bonds is 4. The molecule has 0 radical (unpaired) electrons. The Labute approximate surface area is 116 Å². The van der Waals surface area contributed by atoms with Crippen LogP contribution >= 0.6 is 0 Å². The van der Waals surface area contributed by atoms with E-state index in [0.717, 1.165) is 12.8 Å². The van der Waals surface area contributed by atoms with Crippen molar-refractivity contribution in [3.05, 3.63) is 34.2 Å². The SMILES string of the molecule is Cn1ccc(C(=O)NC2(CC(=O)O)CCCC2)cc1=O. The van der Waals surface area contributed by atoms with E-state index in [-0.39, 0.29) is 23.5 Å². The summed E-state index contributed by atoms with van der Waals surface area (Å²) in [6.07, 6.45) is 4.58. The summed E-state index contributed by atoms with van der Waals surface area (Å²) in [5, 5.41) is 11.8. The summed E-state index contributed by atoms with van der Waals surface area (Å²) >= 11 is 0. The number of hydrogen-bond acceptors (Lipinski definition) is 3. The van der Waals surface area contributed by atoms with Gasteiger partial charge in [-0.05, 0) is 18.9 Å². The van der Waals surface area contributed by atoms with Crippen LogP contribution in [0.4, 0.5) is 0 Å². The molecule has 1 fully saturated rings. The third-order valence-corrected chi connectivity index (χ3v) is 3.80. The molecule has 0 aliphatic heterocycles. The summed E-state index contributed by atoms with van der Waals surface area (Å²) in [7, 11) is 1.60. The number of aliphatic carboxylic acids is 1. The van der Waals surface area contributed by atoms with Crippen molar-refractivity contribution in [2.24, 2.45) is 7.05 Å². The van der Waals surface area contributed by atoms with E-state index in [0.29, 0.717) is 12.8 Å². The van der Waals surface area contributed by atoms with Crippen molar-refractivity contribution in [1.82, 2.24) is 9.88 Å². The molecule has 1 amide bonds. The number of nitrogens with zero attached hydrogens (tertiary/aromatic N) is 1. The molecule has 2 rings (SSSR count). The minimum absolute atomic E-state index is 0.0798. The Morgan fingerprint density at radius 2 is 2.05 bits per heavy atom. The zero-order chi connectivity index (χ0) is 14.8. The number of carboxylic acid groups (broad SMARTS) is 1. The molecule has 0 bridgehead atoms. The Balaban J connectivity index is 2.18. The van der Waals surface area contributed by atoms with Crippen molar-refractivity contribution < 1.29 is 14.7 Å². The van der Waals surface area contributed by atoms with Crippen LogP contribution in [0.25, 0.3) is 0 Å². The van der Waals surface area contributed by atoms with Gasteiger partial charge in [-0.3, -0.25) is 14.4 Å². The van der Waals surface area contributed by atoms with Crippen LogP contribution in [0.2, 0.25) is 0 Å². The largest absolute Gasteiger partial charge is 0.481 e. The first-order valence-corrected chi connectivity index (χ1v) is 6.63. The van der Waals surface area contributed by atoms with Gasteiger partial charge >= 0.3 is 5.97 Å². The molecule has 0 aromatic carbocycles. The fourth-order valence-electron chi connectivity index (χ4n) is 2.69. The number of carbonyl (C=O) groups is 2. The molecule has 108 valence electrons. The molecule has 1 aliphatic carbocycles. The van der Waals surface area contributed by atoms with Crippen LogP contribution in [0.1, 0.15) is 42.5 Å². The van der Waals surface area contributed by atoms with Crippen LogP contribution in [0.5, 0.6) is 0 Å². The van der Waals surface area contributed by atoms with Crippen molar-refractivity contribution in [2.45, 2.75) is 37.6 Å². The molecule has 6 heteroatoms. The molecular formula is C14H18N2O4. The zero-order valence-electron chi connectivity index (χ0n) is 11.4. The molecule has 1 saturated carbocycles. The first kappa shape index (κ1) is 14.3. The maximum Gasteiger partial charge on any atom is 0.305 e. The van der Waals surface area contributed by atoms with Gasteiger partial charge in [0, 0.05) is 24.9 Å². The summed E-state index contributed by atoms with van der Waals surface area (Å²) in [4.78, 5) is 34.7. The predicted octanol–water partition coefficient (Wildman–Crippen LogP) is 0.903. The molecule has 0 unspecified atom stereocenters. The fourth-order valence-corrected chi connectivity index (χ4v) is 2.69. The molecule has 2 N–H and O–H groups in total. The molecule has 0 spiro atoms. The number of amides is 1. The van der Waals surface area contributed by atoms with Gasteiger partial charge in [0.1, 0.15) is 0 Å². The van der Waals surface area contributed by atoms with Gasteiger partial charge in [-0.1, -0.05) is 12.8 Å². The zero-order valence-corrected chi connectivity index (χ0v) is 11.4. The van der Waals surface area contributed by atoms with Crippen LogP contribution < -0.4 is 10.9 Å². The highest BCUT2D eigenvalue weighted by atomic mass is 16.4. The Morgan fingerprint density at radius 1 is 1.40 bits per heavy atom. The van der Waals surface area contributed by atoms with Crippen LogP contribution in [0.3, 0.4) is 0 Å². The number of aromatic nitrogens is 1. The second-order valence-electron chi connectivity index (χ2n) is 5.38. The molecule has 1 aromatic heterocycles. The van der Waals surface area contributed by atoms with Gasteiger partial charge in [-0.25, -0.2) is 0 Å². The van der Waals surface area contributed by atoms with Crippen LogP contribution in [0.15, 0.2) is 23.1 Å². The van der Waals surface area contributed by atoms with E-state index < -0.39 is 11.5 Å². The van der Waals surface area contributed by atoms with Gasteiger partial charge in [0.25, 0.3) is 11.5 Å². The van der Waals surface area contributed by atoms with E-state index in [1.807, 2.05) is 0 Å². The topological polar surface area (TPSA) is 88.4 Å². The maximum atomic E-state index is 12.2. The normalized spacial score (nSPS) is 16.9. The predicted molar refractivity (Wildman–Crippen MR) is 72.6 cm³/mol. The molecule has 1 aromatic rings. The monoisotopic (exact) mass is 278 g/mol. The molecule has 1 aliphatic rings. The van der Waals surface area contributed by atoms with Crippen molar-refractivity contribution in [1.29, 1.82) is 0 Å². The molecule has 0 saturated heterocycles. The highest BCUT2D eigenvalue weighted by Gasteiger charge is 2.37. The lowest BCUT2D eigenvalue weighted by molar-refractivity contribution is -0.138. The minimum Gasteiger partial charge on any atom is -0.481 e. The quantitative estimate of drug-likeness (QED) is 0.856. The summed E-state index contributed by atoms with van der Waals surface area (Å²) in [5.41, 5.74) is -0.676. The van der Waals surface area contributed by atoms with E-state index >= 15 is 0 Å². The van der Waals surface area contributed by atoms with Crippen molar-refractivity contribution in [2.75, 3.05) is 0 Å². The standard InChI is InChI=1S/C14H18N2O4/c1-16-7-4-10(8-11(16)17)13(20)15-14(9-12(18)19)5-2-3-6-14/h4,7-8H,2-3,5-6,9H2,1H3,(H,15,20)(H,18,19). The van der Waals surface area contributed by atoms with E-state index in [1.165, 1.54) is 16.8 Å². The van der Waals surface area contributed by atoms with E-state index in [1.54, 1.807) is 13.1 Å².